The number of hydrogen-bond donors (Lipinski definition) is 3. The molecule has 0 aromatic rings. The molecule has 1 aliphatic heterocycles. The summed E-state index contributed by atoms with van der Waals surface area (Å²) in [6, 6.07) is -0.617. The molecule has 7 heteroatoms. The van der Waals surface area contributed by atoms with E-state index in [1.165, 1.54) is 0 Å². The second-order valence-electron chi connectivity index (χ2n) is 4.96. The molecule has 2 fully saturated rings. The Morgan fingerprint density at radius 3 is 2.68 bits per heavy atom. The number of ether oxygens (including phenoxy) is 2. The van der Waals surface area contributed by atoms with Crippen molar-refractivity contribution < 1.29 is 24.2 Å². The van der Waals surface area contributed by atoms with Crippen LogP contribution in [-0.4, -0.2) is 55.6 Å². The van der Waals surface area contributed by atoms with E-state index < -0.39 is 5.97 Å². The summed E-state index contributed by atoms with van der Waals surface area (Å²) < 4.78 is 10.6. The van der Waals surface area contributed by atoms with E-state index >= 15 is 0 Å². The predicted molar refractivity (Wildman–Crippen MR) is 65.9 cm³/mol. The Balaban J connectivity index is 1.68. The zero-order chi connectivity index (χ0) is 13.7. The van der Waals surface area contributed by atoms with Crippen LogP contribution in [0.4, 0.5) is 4.79 Å². The first-order valence-electron chi connectivity index (χ1n) is 6.60. The standard InChI is InChI=1S/C12H20N2O5/c15-11(16)5-10(8-1-2-8)14-12(17)13-6-9-7-18-3-4-19-9/h8-10H,1-7H2,(H,15,16)(H2,13,14,17). The van der Waals surface area contributed by atoms with Crippen LogP contribution in [0.15, 0.2) is 0 Å². The van der Waals surface area contributed by atoms with Crippen LogP contribution in [0.3, 0.4) is 0 Å². The molecule has 3 N–H and O–H groups in total. The topological polar surface area (TPSA) is 96.9 Å². The molecule has 1 saturated heterocycles. The SMILES string of the molecule is O=C(O)CC(NC(=O)NCC1COCCO1)C1CC1. The molecule has 0 aromatic heterocycles. The van der Waals surface area contributed by atoms with E-state index in [9.17, 15) is 9.59 Å². The zero-order valence-electron chi connectivity index (χ0n) is 10.8. The van der Waals surface area contributed by atoms with Crippen molar-refractivity contribution in [3.05, 3.63) is 0 Å². The highest BCUT2D eigenvalue weighted by atomic mass is 16.6. The Kier molecular flexibility index (Phi) is 4.98. The van der Waals surface area contributed by atoms with Crippen molar-refractivity contribution in [3.63, 3.8) is 0 Å². The lowest BCUT2D eigenvalue weighted by molar-refractivity contribution is -0.137. The van der Waals surface area contributed by atoms with Crippen LogP contribution in [0.1, 0.15) is 19.3 Å². The van der Waals surface area contributed by atoms with Gasteiger partial charge in [0, 0.05) is 12.6 Å². The largest absolute Gasteiger partial charge is 0.481 e. The second kappa shape index (κ2) is 6.72. The van der Waals surface area contributed by atoms with Crippen LogP contribution in [0.5, 0.6) is 0 Å². The number of urea groups is 1. The van der Waals surface area contributed by atoms with Crippen molar-refractivity contribution in [2.45, 2.75) is 31.4 Å². The molecule has 7 nitrogen and oxygen atoms in total. The molecule has 2 atom stereocenters. The van der Waals surface area contributed by atoms with Crippen LogP contribution in [-0.2, 0) is 14.3 Å². The summed E-state index contributed by atoms with van der Waals surface area (Å²) in [5.74, 6) is -0.586. The molecule has 0 spiro atoms. The third kappa shape index (κ3) is 5.04. The summed E-state index contributed by atoms with van der Waals surface area (Å²) in [5.41, 5.74) is 0. The molecule has 1 heterocycles. The van der Waals surface area contributed by atoms with Gasteiger partial charge in [0.05, 0.1) is 32.3 Å². The molecule has 1 saturated carbocycles. The maximum Gasteiger partial charge on any atom is 0.315 e. The van der Waals surface area contributed by atoms with E-state index in [2.05, 4.69) is 10.6 Å². The summed E-state index contributed by atoms with van der Waals surface area (Å²) in [4.78, 5) is 22.4. The molecule has 0 aromatic carbocycles. The lowest BCUT2D eigenvalue weighted by Crippen LogP contribution is -2.47. The van der Waals surface area contributed by atoms with Gasteiger partial charge in [0.25, 0.3) is 0 Å². The maximum absolute atomic E-state index is 11.7. The van der Waals surface area contributed by atoms with Crippen molar-refractivity contribution in [2.75, 3.05) is 26.4 Å². The van der Waals surface area contributed by atoms with Crippen molar-refractivity contribution in [1.82, 2.24) is 10.6 Å². The van der Waals surface area contributed by atoms with Gasteiger partial charge in [-0.1, -0.05) is 0 Å². The Morgan fingerprint density at radius 1 is 1.32 bits per heavy atom. The van der Waals surface area contributed by atoms with Gasteiger partial charge in [-0.05, 0) is 18.8 Å². The quantitative estimate of drug-likeness (QED) is 0.630. The lowest BCUT2D eigenvalue weighted by atomic mass is 10.1. The molecular weight excluding hydrogens is 252 g/mol. The van der Waals surface area contributed by atoms with E-state index in [1.807, 2.05) is 0 Å². The van der Waals surface area contributed by atoms with E-state index in [1.54, 1.807) is 0 Å². The first-order valence-corrected chi connectivity index (χ1v) is 6.60. The highest BCUT2D eigenvalue weighted by Gasteiger charge is 2.33. The summed E-state index contributed by atoms with van der Waals surface area (Å²) in [5, 5.41) is 14.2. The summed E-state index contributed by atoms with van der Waals surface area (Å²) in [6.45, 7) is 1.97. The normalized spacial score (nSPS) is 24.5. The maximum atomic E-state index is 11.7. The Hall–Kier alpha value is -1.34. The van der Waals surface area contributed by atoms with Gasteiger partial charge in [0.15, 0.2) is 0 Å². The first kappa shape index (κ1) is 14.1. The smallest absolute Gasteiger partial charge is 0.315 e. The number of carboxylic acid groups (broad SMARTS) is 1. The summed E-state index contributed by atoms with van der Waals surface area (Å²) in [7, 11) is 0. The average molecular weight is 272 g/mol. The fourth-order valence-electron chi connectivity index (χ4n) is 2.10. The molecule has 1 aliphatic carbocycles. The van der Waals surface area contributed by atoms with Crippen LogP contribution >= 0.6 is 0 Å². The fourth-order valence-corrected chi connectivity index (χ4v) is 2.10. The number of hydrogen-bond acceptors (Lipinski definition) is 4. The van der Waals surface area contributed by atoms with Gasteiger partial charge in [-0.3, -0.25) is 4.79 Å². The first-order chi connectivity index (χ1) is 9.15. The van der Waals surface area contributed by atoms with Crippen molar-refractivity contribution in [1.29, 1.82) is 0 Å². The van der Waals surface area contributed by atoms with E-state index in [-0.39, 0.29) is 24.6 Å². The fraction of sp³-hybridized carbons (Fsp3) is 0.833. The summed E-state index contributed by atoms with van der Waals surface area (Å²) >= 11 is 0. The zero-order valence-corrected chi connectivity index (χ0v) is 10.8. The van der Waals surface area contributed by atoms with Gasteiger partial charge < -0.3 is 25.2 Å². The highest BCUT2D eigenvalue weighted by Crippen LogP contribution is 2.33. The van der Waals surface area contributed by atoms with Crippen LogP contribution in [0, 0.1) is 5.92 Å². The molecule has 2 aliphatic rings. The van der Waals surface area contributed by atoms with Gasteiger partial charge >= 0.3 is 12.0 Å². The number of aliphatic carboxylic acids is 1. The van der Waals surface area contributed by atoms with Crippen molar-refractivity contribution in [3.8, 4) is 0 Å². The molecule has 0 bridgehead atoms. The number of carboxylic acids is 1. The molecule has 19 heavy (non-hydrogen) atoms. The minimum absolute atomic E-state index is 0.0267. The second-order valence-corrected chi connectivity index (χ2v) is 4.96. The number of nitrogens with one attached hydrogen (secondary N) is 2. The van der Waals surface area contributed by atoms with Gasteiger partial charge in [-0.2, -0.15) is 0 Å². The minimum atomic E-state index is -0.888. The third-order valence-electron chi connectivity index (χ3n) is 3.28. The monoisotopic (exact) mass is 272 g/mol. The molecular formula is C12H20N2O5. The van der Waals surface area contributed by atoms with Gasteiger partial charge in [-0.15, -0.1) is 0 Å². The minimum Gasteiger partial charge on any atom is -0.481 e. The van der Waals surface area contributed by atoms with E-state index in [0.717, 1.165) is 12.8 Å². The van der Waals surface area contributed by atoms with E-state index in [0.29, 0.717) is 32.3 Å². The van der Waals surface area contributed by atoms with Crippen molar-refractivity contribution in [2.24, 2.45) is 5.92 Å². The Labute approximate surface area is 111 Å². The molecule has 108 valence electrons. The lowest BCUT2D eigenvalue weighted by Gasteiger charge is -2.24. The van der Waals surface area contributed by atoms with Crippen molar-refractivity contribution >= 4 is 12.0 Å². The Morgan fingerprint density at radius 2 is 2.11 bits per heavy atom. The Bertz CT molecular complexity index is 326. The van der Waals surface area contributed by atoms with Crippen LogP contribution < -0.4 is 10.6 Å². The number of rotatable bonds is 6. The van der Waals surface area contributed by atoms with Crippen LogP contribution in [0.2, 0.25) is 0 Å². The average Bonchev–Trinajstić information content (AvgIpc) is 3.20. The molecule has 2 unspecified atom stereocenters. The number of carbonyl (C=O) groups excluding carboxylic acids is 1. The van der Waals surface area contributed by atoms with E-state index in [4.69, 9.17) is 14.6 Å². The van der Waals surface area contributed by atoms with Crippen LogP contribution in [0.25, 0.3) is 0 Å². The van der Waals surface area contributed by atoms with Gasteiger partial charge in [0.1, 0.15) is 0 Å². The molecule has 2 amide bonds. The predicted octanol–water partition coefficient (Wildman–Crippen LogP) is -0.0457. The highest BCUT2D eigenvalue weighted by molar-refractivity contribution is 5.75. The van der Waals surface area contributed by atoms with Gasteiger partial charge in [-0.25, -0.2) is 4.79 Å². The molecule has 2 rings (SSSR count). The number of carbonyl (C=O) groups is 2. The van der Waals surface area contributed by atoms with Gasteiger partial charge in [0.2, 0.25) is 0 Å². The summed E-state index contributed by atoms with van der Waals surface area (Å²) in [6.07, 6.45) is 1.81. The molecule has 0 radical (unpaired) electrons. The number of amides is 2. The third-order valence-corrected chi connectivity index (χ3v) is 3.28.